The van der Waals surface area contributed by atoms with Crippen molar-refractivity contribution in [2.75, 3.05) is 13.7 Å². The molecule has 1 heterocycles. The van der Waals surface area contributed by atoms with Crippen LogP contribution in [0.1, 0.15) is 13.3 Å². The van der Waals surface area contributed by atoms with E-state index >= 15 is 0 Å². The first-order valence-electron chi connectivity index (χ1n) is 5.71. The molecule has 1 N–H and O–H groups in total. The Kier molecular flexibility index (Phi) is 4.95. The van der Waals surface area contributed by atoms with Crippen LogP contribution in [0.15, 0.2) is 11.3 Å². The summed E-state index contributed by atoms with van der Waals surface area (Å²) in [6.07, 6.45) is -1.95. The van der Waals surface area contributed by atoms with Gasteiger partial charge in [0.25, 0.3) is 0 Å². The summed E-state index contributed by atoms with van der Waals surface area (Å²) in [5.41, 5.74) is -6.27. The molecule has 0 aromatic carbocycles. The highest BCUT2D eigenvalue weighted by molar-refractivity contribution is 7.87. The number of halogens is 3. The molecular formula is C10H12F3NO7S. The summed E-state index contributed by atoms with van der Waals surface area (Å²) in [5, 5.41) is 8.94. The van der Waals surface area contributed by atoms with E-state index in [0.29, 0.717) is 0 Å². The second kappa shape index (κ2) is 6.02. The third kappa shape index (κ3) is 3.61. The van der Waals surface area contributed by atoms with Crippen molar-refractivity contribution in [3.05, 3.63) is 11.3 Å². The molecule has 0 aliphatic carbocycles. The summed E-state index contributed by atoms with van der Waals surface area (Å²) in [5.74, 6) is -1.96. The Bertz CT molecular complexity index is 610. The first-order chi connectivity index (χ1) is 9.90. The maximum atomic E-state index is 12.3. The summed E-state index contributed by atoms with van der Waals surface area (Å²) in [4.78, 5) is 23.3. The topological polar surface area (TPSA) is 110 Å². The zero-order valence-electron chi connectivity index (χ0n) is 11.4. The molecule has 0 aromatic rings. The number of esters is 1. The van der Waals surface area contributed by atoms with Crippen molar-refractivity contribution >= 4 is 22.2 Å². The zero-order chi connectivity index (χ0) is 17.3. The van der Waals surface area contributed by atoms with Gasteiger partial charge in [0.05, 0.1) is 19.2 Å². The van der Waals surface area contributed by atoms with Crippen LogP contribution < -0.4 is 0 Å². The monoisotopic (exact) mass is 347 g/mol. The summed E-state index contributed by atoms with van der Waals surface area (Å²) in [6.45, 7) is 0.678. The minimum absolute atomic E-state index is 0.522. The van der Waals surface area contributed by atoms with Crippen molar-refractivity contribution in [1.82, 2.24) is 4.90 Å². The van der Waals surface area contributed by atoms with Crippen molar-refractivity contribution in [3.63, 3.8) is 0 Å². The van der Waals surface area contributed by atoms with Crippen LogP contribution in [0, 0.1) is 0 Å². The molecule has 1 unspecified atom stereocenters. The Morgan fingerprint density at radius 2 is 1.91 bits per heavy atom. The Hall–Kier alpha value is -1.98. The van der Waals surface area contributed by atoms with Gasteiger partial charge in [0.2, 0.25) is 0 Å². The van der Waals surface area contributed by atoms with E-state index in [2.05, 4.69) is 8.92 Å². The van der Waals surface area contributed by atoms with Crippen molar-refractivity contribution in [2.45, 2.75) is 24.9 Å². The molecule has 0 saturated carbocycles. The summed E-state index contributed by atoms with van der Waals surface area (Å²) < 4.78 is 67.4. The molecule has 22 heavy (non-hydrogen) atoms. The fourth-order valence-corrected chi connectivity index (χ4v) is 2.27. The number of hydrogen-bond acceptors (Lipinski definition) is 6. The largest absolute Gasteiger partial charge is 0.534 e. The molecule has 0 fully saturated rings. The minimum Gasteiger partial charge on any atom is -0.466 e. The SMILES string of the molecule is COC(=O)C1=C(OS(=O)(=O)C(F)(F)F)CC(C)N(C(=O)O)C1. The molecule has 0 spiro atoms. The lowest BCUT2D eigenvalue weighted by Crippen LogP contribution is -2.44. The van der Waals surface area contributed by atoms with Gasteiger partial charge in [-0.1, -0.05) is 0 Å². The average Bonchev–Trinajstić information content (AvgIpc) is 2.35. The van der Waals surface area contributed by atoms with Crippen molar-refractivity contribution in [3.8, 4) is 0 Å². The van der Waals surface area contributed by atoms with E-state index in [9.17, 15) is 31.2 Å². The number of methoxy groups -OCH3 is 1. The van der Waals surface area contributed by atoms with Gasteiger partial charge in [0.15, 0.2) is 0 Å². The number of rotatable bonds is 3. The molecular weight excluding hydrogens is 335 g/mol. The van der Waals surface area contributed by atoms with Gasteiger partial charge in [-0.25, -0.2) is 9.59 Å². The van der Waals surface area contributed by atoms with Crippen molar-refractivity contribution in [1.29, 1.82) is 0 Å². The predicted octanol–water partition coefficient (Wildman–Crippen LogP) is 1.05. The highest BCUT2D eigenvalue weighted by Gasteiger charge is 2.50. The van der Waals surface area contributed by atoms with Crippen LogP contribution in [-0.2, 0) is 23.8 Å². The number of amides is 1. The van der Waals surface area contributed by atoms with Gasteiger partial charge in [-0.2, -0.15) is 21.6 Å². The fraction of sp³-hybridized carbons (Fsp3) is 0.600. The number of carbonyl (C=O) groups is 2. The molecule has 126 valence electrons. The van der Waals surface area contributed by atoms with Gasteiger partial charge in [-0.05, 0) is 6.92 Å². The van der Waals surface area contributed by atoms with Gasteiger partial charge >= 0.3 is 27.7 Å². The maximum Gasteiger partial charge on any atom is 0.534 e. The number of nitrogens with zero attached hydrogens (tertiary/aromatic N) is 1. The minimum atomic E-state index is -5.96. The van der Waals surface area contributed by atoms with Gasteiger partial charge in [0, 0.05) is 12.5 Å². The Labute approximate surface area is 123 Å². The first-order valence-corrected chi connectivity index (χ1v) is 7.12. The molecule has 0 aromatic heterocycles. The molecule has 0 bridgehead atoms. The van der Waals surface area contributed by atoms with Crippen LogP contribution >= 0.6 is 0 Å². The number of ether oxygens (including phenoxy) is 1. The molecule has 1 atom stereocenters. The Morgan fingerprint density at radius 1 is 1.36 bits per heavy atom. The first kappa shape index (κ1) is 18.1. The number of alkyl halides is 3. The highest BCUT2D eigenvalue weighted by Crippen LogP contribution is 2.32. The van der Waals surface area contributed by atoms with E-state index in [1.807, 2.05) is 0 Å². The lowest BCUT2D eigenvalue weighted by atomic mass is 10.0. The van der Waals surface area contributed by atoms with Gasteiger partial charge < -0.3 is 18.9 Å². The summed E-state index contributed by atoms with van der Waals surface area (Å²) >= 11 is 0. The van der Waals surface area contributed by atoms with Crippen molar-refractivity contribution < 1.29 is 45.2 Å². The zero-order valence-corrected chi connectivity index (χ0v) is 12.2. The molecule has 1 rings (SSSR count). The second-order valence-corrected chi connectivity index (χ2v) is 5.88. The standard InChI is InChI=1S/C10H12F3NO7S/c1-5-3-7(21-22(18,19)10(11,12)13)6(8(15)20-2)4-14(5)9(16)17/h5H,3-4H2,1-2H3,(H,16,17). The van der Waals surface area contributed by atoms with Crippen LogP contribution in [0.3, 0.4) is 0 Å². The predicted molar refractivity (Wildman–Crippen MR) is 63.9 cm³/mol. The van der Waals surface area contributed by atoms with E-state index in [4.69, 9.17) is 5.11 Å². The van der Waals surface area contributed by atoms with Crippen LogP contribution in [0.2, 0.25) is 0 Å². The lowest BCUT2D eigenvalue weighted by molar-refractivity contribution is -0.136. The average molecular weight is 347 g/mol. The van der Waals surface area contributed by atoms with Crippen LogP contribution in [0.5, 0.6) is 0 Å². The quantitative estimate of drug-likeness (QED) is 0.461. The van der Waals surface area contributed by atoms with Crippen LogP contribution in [0.25, 0.3) is 0 Å². The van der Waals surface area contributed by atoms with E-state index in [-0.39, 0.29) is 0 Å². The van der Waals surface area contributed by atoms with E-state index in [1.165, 1.54) is 6.92 Å². The molecule has 1 aliphatic rings. The molecule has 1 amide bonds. The molecule has 0 saturated heterocycles. The number of hydrogen-bond donors (Lipinski definition) is 1. The Morgan fingerprint density at radius 3 is 2.32 bits per heavy atom. The third-order valence-corrected chi connectivity index (χ3v) is 3.84. The number of carbonyl (C=O) groups excluding carboxylic acids is 1. The van der Waals surface area contributed by atoms with Gasteiger partial charge in [-0.3, -0.25) is 0 Å². The van der Waals surface area contributed by atoms with Gasteiger partial charge in [0.1, 0.15) is 5.76 Å². The maximum absolute atomic E-state index is 12.3. The smallest absolute Gasteiger partial charge is 0.466 e. The van der Waals surface area contributed by atoms with Gasteiger partial charge in [-0.15, -0.1) is 0 Å². The van der Waals surface area contributed by atoms with Crippen molar-refractivity contribution in [2.24, 2.45) is 0 Å². The summed E-state index contributed by atoms with van der Waals surface area (Å²) in [7, 11) is -5.05. The molecule has 0 radical (unpaired) electrons. The summed E-state index contributed by atoms with van der Waals surface area (Å²) in [6, 6.07) is -0.885. The second-order valence-electron chi connectivity index (χ2n) is 4.34. The number of carboxylic acid groups (broad SMARTS) is 1. The molecule has 8 nitrogen and oxygen atoms in total. The Balaban J connectivity index is 3.26. The lowest BCUT2D eigenvalue weighted by Gasteiger charge is -2.32. The highest BCUT2D eigenvalue weighted by atomic mass is 32.2. The van der Waals surface area contributed by atoms with Crippen LogP contribution in [0.4, 0.5) is 18.0 Å². The fourth-order valence-electron chi connectivity index (χ4n) is 1.74. The molecule has 1 aliphatic heterocycles. The van der Waals surface area contributed by atoms with E-state index in [1.54, 1.807) is 0 Å². The normalized spacial score (nSPS) is 19.9. The van der Waals surface area contributed by atoms with E-state index in [0.717, 1.165) is 12.0 Å². The van der Waals surface area contributed by atoms with E-state index < -0.39 is 58.0 Å². The van der Waals surface area contributed by atoms with Crippen LogP contribution in [-0.4, -0.2) is 55.7 Å². The molecule has 12 heteroatoms. The third-order valence-electron chi connectivity index (χ3n) is 2.85.